The molecule has 1 aromatic heterocycles. The van der Waals surface area contributed by atoms with Gasteiger partial charge in [0.2, 0.25) is 0 Å². The third-order valence-corrected chi connectivity index (χ3v) is 5.74. The second-order valence-electron chi connectivity index (χ2n) is 4.39. The molecule has 0 aliphatic heterocycles. The lowest BCUT2D eigenvalue weighted by Gasteiger charge is -2.15. The van der Waals surface area contributed by atoms with Gasteiger partial charge in [-0.2, -0.15) is 0 Å². The average Bonchev–Trinajstić information content (AvgIpc) is 2.70. The minimum absolute atomic E-state index is 0.124. The number of halogens is 3. The molecule has 0 saturated heterocycles. The van der Waals surface area contributed by atoms with Crippen LogP contribution < -0.4 is 5.32 Å². The molecule has 5 heteroatoms. The van der Waals surface area contributed by atoms with Gasteiger partial charge in [-0.05, 0) is 71.7 Å². The van der Waals surface area contributed by atoms with E-state index in [0.717, 1.165) is 13.8 Å². The Balaban J connectivity index is 2.26. The maximum absolute atomic E-state index is 13.8. The lowest BCUT2D eigenvalue weighted by atomic mass is 10.0. The zero-order chi connectivity index (χ0) is 14.0. The van der Waals surface area contributed by atoms with E-state index >= 15 is 0 Å². The van der Waals surface area contributed by atoms with Crippen LogP contribution in [0.3, 0.4) is 0 Å². The minimum Gasteiger partial charge on any atom is -0.312 e. The zero-order valence-corrected chi connectivity index (χ0v) is 14.6. The van der Waals surface area contributed by atoms with Gasteiger partial charge < -0.3 is 5.32 Å². The molecule has 0 radical (unpaired) electrons. The predicted octanol–water partition coefficient (Wildman–Crippen LogP) is 5.22. The maximum atomic E-state index is 13.8. The van der Waals surface area contributed by atoms with E-state index < -0.39 is 0 Å². The summed E-state index contributed by atoms with van der Waals surface area (Å²) in [7, 11) is 1.91. The maximum Gasteiger partial charge on any atom is 0.126 e. The van der Waals surface area contributed by atoms with Crippen molar-refractivity contribution in [1.29, 1.82) is 0 Å². The highest BCUT2D eigenvalue weighted by atomic mass is 79.9. The Morgan fingerprint density at radius 1 is 1.32 bits per heavy atom. The van der Waals surface area contributed by atoms with Gasteiger partial charge in [-0.3, -0.25) is 0 Å². The standard InChI is InChI=1S/C14H14Br2FNS/c1-8-5-13(19-14(8)16)12(18-2)7-9-6-10(15)3-4-11(9)17/h3-6,12,18H,7H2,1-2H3. The van der Waals surface area contributed by atoms with E-state index in [2.05, 4.69) is 50.2 Å². The molecule has 0 spiro atoms. The minimum atomic E-state index is -0.157. The smallest absolute Gasteiger partial charge is 0.126 e. The fourth-order valence-electron chi connectivity index (χ4n) is 1.92. The molecule has 0 fully saturated rings. The van der Waals surface area contributed by atoms with Crippen molar-refractivity contribution in [1.82, 2.24) is 5.32 Å². The monoisotopic (exact) mass is 405 g/mol. The molecule has 2 aromatic rings. The molecular formula is C14H14Br2FNS. The largest absolute Gasteiger partial charge is 0.312 e. The van der Waals surface area contributed by atoms with Crippen LogP contribution in [0.4, 0.5) is 4.39 Å². The summed E-state index contributed by atoms with van der Waals surface area (Å²) in [6.07, 6.45) is 0.633. The van der Waals surface area contributed by atoms with Gasteiger partial charge in [-0.25, -0.2) is 4.39 Å². The number of rotatable bonds is 4. The van der Waals surface area contributed by atoms with Crippen molar-refractivity contribution in [3.8, 4) is 0 Å². The number of likely N-dealkylation sites (N-methyl/N-ethyl adjacent to an activating group) is 1. The highest BCUT2D eigenvalue weighted by molar-refractivity contribution is 9.11. The Hall–Kier alpha value is -0.230. The van der Waals surface area contributed by atoms with Crippen LogP contribution in [0, 0.1) is 12.7 Å². The van der Waals surface area contributed by atoms with Crippen molar-refractivity contribution in [2.75, 3.05) is 7.05 Å². The van der Waals surface area contributed by atoms with E-state index in [9.17, 15) is 4.39 Å². The van der Waals surface area contributed by atoms with Crippen LogP contribution in [0.2, 0.25) is 0 Å². The van der Waals surface area contributed by atoms with Crippen LogP contribution in [0.5, 0.6) is 0 Å². The fraction of sp³-hybridized carbons (Fsp3) is 0.286. The van der Waals surface area contributed by atoms with Crippen molar-refractivity contribution in [3.05, 3.63) is 54.3 Å². The van der Waals surface area contributed by atoms with Gasteiger partial charge in [0.15, 0.2) is 0 Å². The molecule has 1 nitrogen and oxygen atoms in total. The second-order valence-corrected chi connectivity index (χ2v) is 7.70. The highest BCUT2D eigenvalue weighted by Crippen LogP contribution is 2.33. The molecule has 0 saturated carbocycles. The van der Waals surface area contributed by atoms with Gasteiger partial charge in [0.1, 0.15) is 5.82 Å². The van der Waals surface area contributed by atoms with Gasteiger partial charge in [0.05, 0.1) is 3.79 Å². The normalized spacial score (nSPS) is 12.7. The molecule has 0 aliphatic rings. The lowest BCUT2D eigenvalue weighted by molar-refractivity contribution is 0.559. The topological polar surface area (TPSA) is 12.0 Å². The number of aryl methyl sites for hydroxylation is 1. The van der Waals surface area contributed by atoms with Gasteiger partial charge in [-0.1, -0.05) is 15.9 Å². The Kier molecular flexibility index (Phi) is 5.17. The molecule has 2 rings (SSSR count). The highest BCUT2D eigenvalue weighted by Gasteiger charge is 2.16. The summed E-state index contributed by atoms with van der Waals surface area (Å²) in [6.45, 7) is 2.07. The summed E-state index contributed by atoms with van der Waals surface area (Å²) >= 11 is 8.62. The van der Waals surface area contributed by atoms with Crippen molar-refractivity contribution in [2.45, 2.75) is 19.4 Å². The molecule has 19 heavy (non-hydrogen) atoms. The van der Waals surface area contributed by atoms with E-state index in [1.807, 2.05) is 13.1 Å². The third-order valence-electron chi connectivity index (χ3n) is 3.00. The van der Waals surface area contributed by atoms with E-state index in [-0.39, 0.29) is 11.9 Å². The Morgan fingerprint density at radius 3 is 2.63 bits per heavy atom. The Bertz CT molecular complexity index is 563. The molecule has 1 heterocycles. The number of hydrogen-bond acceptors (Lipinski definition) is 2. The van der Waals surface area contributed by atoms with Crippen LogP contribution in [-0.2, 0) is 6.42 Å². The van der Waals surface area contributed by atoms with Crippen molar-refractivity contribution in [3.63, 3.8) is 0 Å². The molecule has 0 bridgehead atoms. The fourth-order valence-corrected chi connectivity index (χ4v) is 4.01. The quantitative estimate of drug-likeness (QED) is 0.733. The van der Waals surface area contributed by atoms with Crippen molar-refractivity contribution < 1.29 is 4.39 Å². The Labute approximate surface area is 133 Å². The number of nitrogens with one attached hydrogen (secondary N) is 1. The van der Waals surface area contributed by atoms with Gasteiger partial charge in [0, 0.05) is 15.4 Å². The Morgan fingerprint density at radius 2 is 2.05 bits per heavy atom. The molecule has 1 N–H and O–H groups in total. The van der Waals surface area contributed by atoms with Crippen LogP contribution in [-0.4, -0.2) is 7.05 Å². The molecular weight excluding hydrogens is 393 g/mol. The predicted molar refractivity (Wildman–Crippen MR) is 86.4 cm³/mol. The lowest BCUT2D eigenvalue weighted by Crippen LogP contribution is -2.18. The second kappa shape index (κ2) is 6.48. The van der Waals surface area contributed by atoms with E-state index in [1.54, 1.807) is 17.4 Å². The summed E-state index contributed by atoms with van der Waals surface area (Å²) in [5.74, 6) is -0.157. The summed E-state index contributed by atoms with van der Waals surface area (Å²) in [5, 5.41) is 3.26. The number of hydrogen-bond donors (Lipinski definition) is 1. The summed E-state index contributed by atoms with van der Waals surface area (Å²) in [5.41, 5.74) is 1.94. The van der Waals surface area contributed by atoms with Crippen LogP contribution in [0.25, 0.3) is 0 Å². The average molecular weight is 407 g/mol. The summed E-state index contributed by atoms with van der Waals surface area (Å²) in [4.78, 5) is 1.21. The summed E-state index contributed by atoms with van der Waals surface area (Å²) in [6, 6.07) is 7.33. The van der Waals surface area contributed by atoms with Crippen LogP contribution in [0.15, 0.2) is 32.5 Å². The third kappa shape index (κ3) is 3.66. The van der Waals surface area contributed by atoms with E-state index in [0.29, 0.717) is 6.42 Å². The first-order chi connectivity index (χ1) is 9.01. The van der Waals surface area contributed by atoms with E-state index in [4.69, 9.17) is 0 Å². The number of benzene rings is 1. The first kappa shape index (κ1) is 15.2. The first-order valence-corrected chi connectivity index (χ1v) is 8.28. The molecule has 102 valence electrons. The molecule has 1 atom stereocenters. The van der Waals surface area contributed by atoms with E-state index in [1.165, 1.54) is 16.5 Å². The van der Waals surface area contributed by atoms with Gasteiger partial charge in [0.25, 0.3) is 0 Å². The van der Waals surface area contributed by atoms with Gasteiger partial charge in [-0.15, -0.1) is 11.3 Å². The molecule has 0 amide bonds. The zero-order valence-electron chi connectivity index (χ0n) is 10.6. The SMILES string of the molecule is CNC(Cc1cc(Br)ccc1F)c1cc(C)c(Br)s1. The number of thiophene rings is 1. The van der Waals surface area contributed by atoms with Crippen molar-refractivity contribution in [2.24, 2.45) is 0 Å². The van der Waals surface area contributed by atoms with Crippen molar-refractivity contribution >= 4 is 43.2 Å². The molecule has 0 aliphatic carbocycles. The van der Waals surface area contributed by atoms with Crippen LogP contribution in [0.1, 0.15) is 22.0 Å². The van der Waals surface area contributed by atoms with Crippen LogP contribution >= 0.6 is 43.2 Å². The summed E-state index contributed by atoms with van der Waals surface area (Å²) < 4.78 is 15.9. The molecule has 1 aromatic carbocycles. The first-order valence-electron chi connectivity index (χ1n) is 5.88. The molecule has 1 unspecified atom stereocenters. The van der Waals surface area contributed by atoms with Gasteiger partial charge >= 0.3 is 0 Å².